The summed E-state index contributed by atoms with van der Waals surface area (Å²) in [5.41, 5.74) is 1.22. The fraction of sp³-hybridized carbons (Fsp3) is 0.867. The molecular weight excluding hydrogens is 572 g/mol. The number of hydrogen-bond acceptors (Lipinski definition) is 2. The Morgan fingerprint density at radius 3 is 0.745 bits per heavy atom. The first kappa shape index (κ1) is 43.8. The van der Waals surface area contributed by atoms with E-state index in [1.807, 2.05) is 0 Å². The number of ether oxygens (including phenoxy) is 2. The van der Waals surface area contributed by atoms with E-state index < -0.39 is 0 Å². The number of benzene rings is 1. The number of aryl methyl sites for hydroxylation is 1. The van der Waals surface area contributed by atoms with Crippen molar-refractivity contribution in [1.82, 2.24) is 0 Å². The van der Waals surface area contributed by atoms with Gasteiger partial charge in [0.05, 0.1) is 13.2 Å². The van der Waals surface area contributed by atoms with Crippen LogP contribution < -0.4 is 9.47 Å². The summed E-state index contributed by atoms with van der Waals surface area (Å²) in [6.07, 6.45) is 47.8. The number of hydrogen-bond donors (Lipinski definition) is 0. The molecule has 0 heterocycles. The van der Waals surface area contributed by atoms with Gasteiger partial charge in [-0.3, -0.25) is 0 Å². The summed E-state index contributed by atoms with van der Waals surface area (Å²) in [5, 5.41) is 0. The van der Waals surface area contributed by atoms with Gasteiger partial charge in [0.15, 0.2) is 0 Å². The average molecular weight is 657 g/mol. The second kappa shape index (κ2) is 36.1. The molecule has 2 nitrogen and oxygen atoms in total. The van der Waals surface area contributed by atoms with Gasteiger partial charge < -0.3 is 9.47 Å². The van der Waals surface area contributed by atoms with Crippen LogP contribution in [0.3, 0.4) is 0 Å². The first-order valence-corrected chi connectivity index (χ1v) is 21.6. The lowest BCUT2D eigenvalue weighted by atomic mass is 10.0. The summed E-state index contributed by atoms with van der Waals surface area (Å²) in [6.45, 7) is 8.39. The molecule has 1 aromatic carbocycles. The quantitative estimate of drug-likeness (QED) is 0.0659. The molecule has 0 aliphatic heterocycles. The van der Waals surface area contributed by atoms with Crippen LogP contribution in [0.1, 0.15) is 238 Å². The predicted molar refractivity (Wildman–Crippen MR) is 210 cm³/mol. The Balaban J connectivity index is 1.88. The largest absolute Gasteiger partial charge is 0.493 e. The van der Waals surface area contributed by atoms with E-state index >= 15 is 0 Å². The lowest BCUT2D eigenvalue weighted by Gasteiger charge is -2.11. The maximum atomic E-state index is 6.11. The van der Waals surface area contributed by atoms with Crippen molar-refractivity contribution < 1.29 is 9.47 Å². The van der Waals surface area contributed by atoms with Crippen LogP contribution in [0.2, 0.25) is 0 Å². The molecule has 0 amide bonds. The lowest BCUT2D eigenvalue weighted by molar-refractivity contribution is 0.289. The van der Waals surface area contributed by atoms with Crippen molar-refractivity contribution >= 4 is 0 Å². The zero-order chi connectivity index (χ0) is 33.7. The third-order valence-corrected chi connectivity index (χ3v) is 10.1. The van der Waals surface area contributed by atoms with Gasteiger partial charge in [0.1, 0.15) is 11.5 Å². The molecular formula is C45H84O2. The highest BCUT2D eigenvalue weighted by atomic mass is 16.5. The second-order valence-corrected chi connectivity index (χ2v) is 15.0. The third kappa shape index (κ3) is 31.8. The van der Waals surface area contributed by atoms with Crippen molar-refractivity contribution in [3.8, 4) is 11.5 Å². The van der Waals surface area contributed by atoms with Crippen LogP contribution >= 0.6 is 0 Å². The number of unbranched alkanes of at least 4 members (excludes halogenated alkanes) is 32. The van der Waals surface area contributed by atoms with Crippen LogP contribution in [-0.2, 0) is 0 Å². The van der Waals surface area contributed by atoms with Gasteiger partial charge >= 0.3 is 0 Å². The Morgan fingerprint density at radius 1 is 0.298 bits per heavy atom. The average Bonchev–Trinajstić information content (AvgIpc) is 3.07. The summed E-state index contributed by atoms with van der Waals surface area (Å²) in [4.78, 5) is 0. The zero-order valence-electron chi connectivity index (χ0n) is 32.5. The maximum absolute atomic E-state index is 6.11. The molecule has 0 saturated heterocycles. The molecule has 0 atom stereocenters. The van der Waals surface area contributed by atoms with Gasteiger partial charge in [0.2, 0.25) is 0 Å². The molecule has 0 fully saturated rings. The minimum atomic E-state index is 0.820. The van der Waals surface area contributed by atoms with E-state index in [4.69, 9.17) is 9.47 Å². The zero-order valence-corrected chi connectivity index (χ0v) is 32.5. The molecule has 0 aliphatic rings. The van der Waals surface area contributed by atoms with Crippen molar-refractivity contribution in [3.63, 3.8) is 0 Å². The highest BCUT2D eigenvalue weighted by Crippen LogP contribution is 2.24. The van der Waals surface area contributed by atoms with Crippen molar-refractivity contribution in [2.45, 2.75) is 239 Å². The van der Waals surface area contributed by atoms with E-state index in [-0.39, 0.29) is 0 Å². The van der Waals surface area contributed by atoms with Gasteiger partial charge in [-0.1, -0.05) is 219 Å². The maximum Gasteiger partial charge on any atom is 0.123 e. The third-order valence-electron chi connectivity index (χ3n) is 10.1. The molecule has 2 heteroatoms. The van der Waals surface area contributed by atoms with Gasteiger partial charge in [-0.25, -0.2) is 0 Å². The molecule has 1 rings (SSSR count). The van der Waals surface area contributed by atoms with Gasteiger partial charge in [-0.2, -0.15) is 0 Å². The fourth-order valence-corrected chi connectivity index (χ4v) is 6.91. The second-order valence-electron chi connectivity index (χ2n) is 15.0. The first-order chi connectivity index (χ1) is 23.3. The van der Waals surface area contributed by atoms with Crippen molar-refractivity contribution in [3.05, 3.63) is 23.8 Å². The smallest absolute Gasteiger partial charge is 0.123 e. The van der Waals surface area contributed by atoms with E-state index in [1.165, 1.54) is 211 Å². The SMILES string of the molecule is CCCCCCCCCCCCCCCCCCCOc1cc(C)cc(OCCCCCCCCCCCCCCCCCCC)c1. The van der Waals surface area contributed by atoms with Gasteiger partial charge in [-0.05, 0) is 37.5 Å². The Hall–Kier alpha value is -1.18. The Bertz CT molecular complexity index is 685. The van der Waals surface area contributed by atoms with Crippen LogP contribution in [-0.4, -0.2) is 13.2 Å². The molecule has 0 spiro atoms. The van der Waals surface area contributed by atoms with Crippen LogP contribution in [0, 0.1) is 6.92 Å². The molecule has 0 unspecified atom stereocenters. The van der Waals surface area contributed by atoms with Gasteiger partial charge in [0.25, 0.3) is 0 Å². The van der Waals surface area contributed by atoms with E-state index in [9.17, 15) is 0 Å². The monoisotopic (exact) mass is 657 g/mol. The molecule has 0 saturated carbocycles. The molecule has 0 N–H and O–H groups in total. The Kier molecular flexibility index (Phi) is 33.7. The van der Waals surface area contributed by atoms with Crippen LogP contribution in [0.5, 0.6) is 11.5 Å². The van der Waals surface area contributed by atoms with E-state index in [0.717, 1.165) is 37.6 Å². The standard InChI is InChI=1S/C45H84O2/c1-4-6-8-10-12-14-16-18-20-22-24-26-28-30-32-34-36-38-46-44-40-43(3)41-45(42-44)47-39-37-35-33-31-29-27-25-23-21-19-17-15-13-11-9-7-5-2/h40-42H,4-39H2,1-3H3. The van der Waals surface area contributed by atoms with E-state index in [2.05, 4.69) is 39.0 Å². The van der Waals surface area contributed by atoms with E-state index in [0.29, 0.717) is 0 Å². The summed E-state index contributed by atoms with van der Waals surface area (Å²) in [5.74, 6) is 1.94. The Morgan fingerprint density at radius 2 is 0.511 bits per heavy atom. The highest BCUT2D eigenvalue weighted by molar-refractivity contribution is 5.37. The summed E-state index contributed by atoms with van der Waals surface area (Å²) >= 11 is 0. The normalized spacial score (nSPS) is 11.4. The molecule has 0 radical (unpaired) electrons. The summed E-state index contributed by atoms with van der Waals surface area (Å²) in [7, 11) is 0. The summed E-state index contributed by atoms with van der Waals surface area (Å²) < 4.78 is 12.2. The lowest BCUT2D eigenvalue weighted by Crippen LogP contribution is -2.00. The van der Waals surface area contributed by atoms with E-state index in [1.54, 1.807) is 0 Å². The van der Waals surface area contributed by atoms with Gasteiger partial charge in [-0.15, -0.1) is 0 Å². The molecule has 1 aromatic rings. The van der Waals surface area contributed by atoms with Crippen molar-refractivity contribution in [2.75, 3.05) is 13.2 Å². The first-order valence-electron chi connectivity index (χ1n) is 21.6. The molecule has 0 aliphatic carbocycles. The number of rotatable bonds is 38. The molecule has 0 bridgehead atoms. The molecule has 276 valence electrons. The highest BCUT2D eigenvalue weighted by Gasteiger charge is 2.03. The van der Waals surface area contributed by atoms with Crippen LogP contribution in [0.15, 0.2) is 18.2 Å². The molecule has 0 aromatic heterocycles. The van der Waals surface area contributed by atoms with Crippen LogP contribution in [0.25, 0.3) is 0 Å². The molecule has 47 heavy (non-hydrogen) atoms. The van der Waals surface area contributed by atoms with Crippen molar-refractivity contribution in [2.24, 2.45) is 0 Å². The predicted octanol–water partition coefficient (Wildman–Crippen LogP) is 16.1. The topological polar surface area (TPSA) is 18.5 Å². The Labute approximate surface area is 296 Å². The minimum absolute atomic E-state index is 0.820. The minimum Gasteiger partial charge on any atom is -0.493 e. The summed E-state index contributed by atoms with van der Waals surface area (Å²) in [6, 6.07) is 6.39. The van der Waals surface area contributed by atoms with Gasteiger partial charge in [0, 0.05) is 6.07 Å². The van der Waals surface area contributed by atoms with Crippen LogP contribution in [0.4, 0.5) is 0 Å². The van der Waals surface area contributed by atoms with Crippen molar-refractivity contribution in [1.29, 1.82) is 0 Å². The fourth-order valence-electron chi connectivity index (χ4n) is 6.91.